The maximum Gasteiger partial charge on any atom is 0.251 e. The van der Waals surface area contributed by atoms with Crippen molar-refractivity contribution in [2.24, 2.45) is 0 Å². The van der Waals surface area contributed by atoms with E-state index in [2.05, 4.69) is 10.6 Å². The molecule has 1 atom stereocenters. The number of benzene rings is 2. The van der Waals surface area contributed by atoms with Crippen molar-refractivity contribution in [1.82, 2.24) is 10.6 Å². The third kappa shape index (κ3) is 4.92. The van der Waals surface area contributed by atoms with E-state index in [9.17, 15) is 18.0 Å². The van der Waals surface area contributed by atoms with Crippen LogP contribution in [-0.4, -0.2) is 33.0 Å². The second-order valence-electron chi connectivity index (χ2n) is 5.74. The van der Waals surface area contributed by atoms with Gasteiger partial charge in [-0.05, 0) is 29.8 Å². The first-order valence-electron chi connectivity index (χ1n) is 8.26. The number of carbonyl (C=O) groups excluding carboxylic acids is 2. The van der Waals surface area contributed by atoms with E-state index >= 15 is 0 Å². The molecule has 0 saturated heterocycles. The Morgan fingerprint density at radius 2 is 1.62 bits per heavy atom. The molecule has 0 aliphatic heterocycles. The molecule has 2 N–H and O–H groups in total. The van der Waals surface area contributed by atoms with E-state index in [-0.39, 0.29) is 28.9 Å². The summed E-state index contributed by atoms with van der Waals surface area (Å²) in [4.78, 5) is 24.5. The van der Waals surface area contributed by atoms with Crippen LogP contribution in [-0.2, 0) is 14.6 Å². The van der Waals surface area contributed by atoms with Crippen LogP contribution in [0.25, 0.3) is 0 Å². The number of hydrogen-bond donors (Lipinski definition) is 2. The maximum atomic E-state index is 12.4. The summed E-state index contributed by atoms with van der Waals surface area (Å²) in [5.41, 5.74) is 1.15. The van der Waals surface area contributed by atoms with Gasteiger partial charge in [0.1, 0.15) is 0 Å². The lowest BCUT2D eigenvalue weighted by Crippen LogP contribution is -2.32. The summed E-state index contributed by atoms with van der Waals surface area (Å²) in [7, 11) is -1.78. The van der Waals surface area contributed by atoms with Crippen LogP contribution >= 0.6 is 0 Å². The van der Waals surface area contributed by atoms with Gasteiger partial charge in [0.15, 0.2) is 9.84 Å². The summed E-state index contributed by atoms with van der Waals surface area (Å²) in [5.74, 6) is -0.517. The van der Waals surface area contributed by atoms with Gasteiger partial charge < -0.3 is 10.6 Å². The van der Waals surface area contributed by atoms with Gasteiger partial charge in [0.25, 0.3) is 5.91 Å². The lowest BCUT2D eigenvalue weighted by molar-refractivity contribution is -0.121. The zero-order valence-electron chi connectivity index (χ0n) is 14.7. The van der Waals surface area contributed by atoms with Crippen molar-refractivity contribution in [3.63, 3.8) is 0 Å². The molecular formula is C19H22N2O4S. The highest BCUT2D eigenvalue weighted by molar-refractivity contribution is 7.91. The SMILES string of the molecule is CCS(=O)(=O)c1ccc([C@H](CC(=O)NC)NC(=O)c2ccccc2)cc1. The second kappa shape index (κ2) is 8.62. The molecule has 0 aliphatic carbocycles. The predicted octanol–water partition coefficient (Wildman–Crippen LogP) is 2.09. The van der Waals surface area contributed by atoms with Crippen molar-refractivity contribution in [2.45, 2.75) is 24.3 Å². The molecule has 0 fully saturated rings. The fourth-order valence-corrected chi connectivity index (χ4v) is 3.33. The van der Waals surface area contributed by atoms with Crippen molar-refractivity contribution in [3.8, 4) is 0 Å². The fraction of sp³-hybridized carbons (Fsp3) is 0.263. The Hall–Kier alpha value is -2.67. The maximum absolute atomic E-state index is 12.4. The van der Waals surface area contributed by atoms with Gasteiger partial charge in [0, 0.05) is 12.6 Å². The summed E-state index contributed by atoms with van der Waals surface area (Å²) in [6.07, 6.45) is 0.0505. The minimum Gasteiger partial charge on any atom is -0.359 e. The highest BCUT2D eigenvalue weighted by Gasteiger charge is 2.20. The van der Waals surface area contributed by atoms with Crippen LogP contribution in [0.2, 0.25) is 0 Å². The minimum atomic E-state index is -3.30. The molecule has 2 rings (SSSR count). The van der Waals surface area contributed by atoms with Crippen LogP contribution < -0.4 is 10.6 Å². The summed E-state index contributed by atoms with van der Waals surface area (Å²) in [6, 6.07) is 14.4. The molecule has 0 spiro atoms. The van der Waals surface area contributed by atoms with Gasteiger partial charge in [-0.15, -0.1) is 0 Å². The van der Waals surface area contributed by atoms with Gasteiger partial charge in [0.2, 0.25) is 5.91 Å². The zero-order valence-corrected chi connectivity index (χ0v) is 15.5. The largest absolute Gasteiger partial charge is 0.359 e. The lowest BCUT2D eigenvalue weighted by Gasteiger charge is -2.19. The molecule has 7 heteroatoms. The average Bonchev–Trinajstić information content (AvgIpc) is 2.68. The third-order valence-corrected chi connectivity index (χ3v) is 5.78. The molecule has 0 heterocycles. The summed E-state index contributed by atoms with van der Waals surface area (Å²) < 4.78 is 23.9. The van der Waals surface area contributed by atoms with Crippen molar-refractivity contribution in [3.05, 3.63) is 65.7 Å². The standard InChI is InChI=1S/C19H22N2O4S/c1-3-26(24,25)16-11-9-14(10-12-16)17(13-18(22)20-2)21-19(23)15-7-5-4-6-8-15/h4-12,17H,3,13H2,1-2H3,(H,20,22)(H,21,23)/t17-/m0/s1. The Morgan fingerprint density at radius 3 is 2.15 bits per heavy atom. The smallest absolute Gasteiger partial charge is 0.251 e. The Morgan fingerprint density at radius 1 is 1.00 bits per heavy atom. The van der Waals surface area contributed by atoms with Crippen molar-refractivity contribution in [1.29, 1.82) is 0 Å². The van der Waals surface area contributed by atoms with Crippen LogP contribution in [0.3, 0.4) is 0 Å². The molecular weight excluding hydrogens is 352 g/mol. The van der Waals surface area contributed by atoms with Crippen molar-refractivity contribution in [2.75, 3.05) is 12.8 Å². The van der Waals surface area contributed by atoms with Gasteiger partial charge in [-0.25, -0.2) is 8.42 Å². The van der Waals surface area contributed by atoms with Gasteiger partial charge >= 0.3 is 0 Å². The molecule has 0 aromatic heterocycles. The topological polar surface area (TPSA) is 92.3 Å². The first-order chi connectivity index (χ1) is 12.4. The molecule has 138 valence electrons. The van der Waals surface area contributed by atoms with E-state index in [1.165, 1.54) is 19.2 Å². The number of nitrogens with one attached hydrogen (secondary N) is 2. The van der Waals surface area contributed by atoms with Crippen LogP contribution in [0.1, 0.15) is 35.3 Å². The van der Waals surface area contributed by atoms with Gasteiger partial charge in [-0.2, -0.15) is 0 Å². The van der Waals surface area contributed by atoms with E-state index in [0.717, 1.165) is 0 Å². The van der Waals surface area contributed by atoms with E-state index in [0.29, 0.717) is 11.1 Å². The molecule has 2 aromatic rings. The first kappa shape index (κ1) is 19.7. The molecule has 0 bridgehead atoms. The number of sulfone groups is 1. The quantitative estimate of drug-likeness (QED) is 0.776. The Kier molecular flexibility index (Phi) is 6.52. The minimum absolute atomic E-state index is 0.0127. The van der Waals surface area contributed by atoms with E-state index in [4.69, 9.17) is 0 Å². The van der Waals surface area contributed by atoms with Crippen LogP contribution in [0.5, 0.6) is 0 Å². The molecule has 26 heavy (non-hydrogen) atoms. The number of amides is 2. The third-order valence-electron chi connectivity index (χ3n) is 4.03. The normalized spacial score (nSPS) is 12.2. The molecule has 0 saturated carbocycles. The molecule has 0 radical (unpaired) electrons. The fourth-order valence-electron chi connectivity index (χ4n) is 2.44. The highest BCUT2D eigenvalue weighted by atomic mass is 32.2. The van der Waals surface area contributed by atoms with Gasteiger partial charge in [-0.3, -0.25) is 9.59 Å². The highest BCUT2D eigenvalue weighted by Crippen LogP contribution is 2.21. The number of rotatable bonds is 7. The first-order valence-corrected chi connectivity index (χ1v) is 9.91. The molecule has 2 aromatic carbocycles. The van der Waals surface area contributed by atoms with Crippen LogP contribution in [0.4, 0.5) is 0 Å². The zero-order chi connectivity index (χ0) is 19.2. The van der Waals surface area contributed by atoms with Gasteiger partial charge in [-0.1, -0.05) is 37.3 Å². The molecule has 2 amide bonds. The lowest BCUT2D eigenvalue weighted by atomic mass is 10.0. The number of hydrogen-bond acceptors (Lipinski definition) is 4. The predicted molar refractivity (Wildman–Crippen MR) is 99.5 cm³/mol. The Balaban J connectivity index is 2.27. The second-order valence-corrected chi connectivity index (χ2v) is 8.02. The number of carbonyl (C=O) groups is 2. The van der Waals surface area contributed by atoms with Crippen LogP contribution in [0.15, 0.2) is 59.5 Å². The van der Waals surface area contributed by atoms with Crippen molar-refractivity contribution >= 4 is 21.7 Å². The average molecular weight is 374 g/mol. The molecule has 0 unspecified atom stereocenters. The Bertz CT molecular complexity index is 862. The van der Waals surface area contributed by atoms with Gasteiger partial charge in [0.05, 0.1) is 23.1 Å². The summed E-state index contributed by atoms with van der Waals surface area (Å²) in [5, 5.41) is 5.37. The van der Waals surface area contributed by atoms with E-state index in [1.807, 2.05) is 6.07 Å². The van der Waals surface area contributed by atoms with E-state index < -0.39 is 15.9 Å². The van der Waals surface area contributed by atoms with Crippen molar-refractivity contribution < 1.29 is 18.0 Å². The van der Waals surface area contributed by atoms with E-state index in [1.54, 1.807) is 43.3 Å². The monoisotopic (exact) mass is 374 g/mol. The summed E-state index contributed by atoms with van der Waals surface area (Å²) in [6.45, 7) is 1.58. The summed E-state index contributed by atoms with van der Waals surface area (Å²) >= 11 is 0. The Labute approximate surface area is 153 Å². The van der Waals surface area contributed by atoms with Crippen LogP contribution in [0, 0.1) is 0 Å². The molecule has 0 aliphatic rings. The molecule has 6 nitrogen and oxygen atoms in total.